The van der Waals surface area contributed by atoms with Crippen LogP contribution >= 0.6 is 0 Å². The van der Waals surface area contributed by atoms with Gasteiger partial charge in [-0.15, -0.1) is 0 Å². The predicted molar refractivity (Wildman–Crippen MR) is 76.0 cm³/mol. The molecule has 0 heterocycles. The zero-order chi connectivity index (χ0) is 16.2. The van der Waals surface area contributed by atoms with Gasteiger partial charge in [-0.3, -0.25) is 4.79 Å². The van der Waals surface area contributed by atoms with Crippen molar-refractivity contribution in [2.45, 2.75) is 6.18 Å². The van der Waals surface area contributed by atoms with Gasteiger partial charge in [0.05, 0.1) is 17.2 Å². The molecule has 0 aromatic heterocycles. The van der Waals surface area contributed by atoms with Crippen molar-refractivity contribution in [2.75, 3.05) is 0 Å². The molecule has 0 aliphatic rings. The van der Waals surface area contributed by atoms with E-state index < -0.39 is 17.5 Å². The van der Waals surface area contributed by atoms with Gasteiger partial charge in [0.25, 0.3) is 0 Å². The summed E-state index contributed by atoms with van der Waals surface area (Å²) >= 11 is 0. The highest BCUT2D eigenvalue weighted by molar-refractivity contribution is 6.06. The van der Waals surface area contributed by atoms with E-state index in [0.717, 1.165) is 18.2 Å². The van der Waals surface area contributed by atoms with Gasteiger partial charge in [0.15, 0.2) is 5.78 Å². The first-order valence-electron chi connectivity index (χ1n) is 6.30. The summed E-state index contributed by atoms with van der Waals surface area (Å²) in [5, 5.41) is 8.67. The second kappa shape index (κ2) is 6.27. The van der Waals surface area contributed by atoms with Gasteiger partial charge in [0, 0.05) is 5.56 Å². The van der Waals surface area contributed by atoms with Crippen molar-refractivity contribution in [1.29, 1.82) is 5.26 Å². The summed E-state index contributed by atoms with van der Waals surface area (Å²) in [5.74, 6) is -0.429. The van der Waals surface area contributed by atoms with Gasteiger partial charge in [-0.25, -0.2) is 0 Å². The van der Waals surface area contributed by atoms with Gasteiger partial charge in [-0.1, -0.05) is 24.3 Å². The van der Waals surface area contributed by atoms with Gasteiger partial charge < -0.3 is 0 Å². The predicted octanol–water partition coefficient (Wildman–Crippen LogP) is 4.47. The van der Waals surface area contributed by atoms with Gasteiger partial charge in [-0.05, 0) is 42.0 Å². The van der Waals surface area contributed by atoms with Crippen LogP contribution in [-0.4, -0.2) is 5.78 Å². The Morgan fingerprint density at radius 3 is 2.27 bits per heavy atom. The standard InChI is InChI=1S/C17H10F3NO/c18-17(19,20)15-4-2-1-3-13(15)9-10-16(22)14-7-5-12(11-21)6-8-14/h1-10H/b10-9+. The number of benzene rings is 2. The van der Waals surface area contributed by atoms with Crippen molar-refractivity contribution >= 4 is 11.9 Å². The van der Waals surface area contributed by atoms with Crippen molar-refractivity contribution in [1.82, 2.24) is 0 Å². The molecule has 0 saturated heterocycles. The minimum absolute atomic E-state index is 0.0722. The van der Waals surface area contributed by atoms with Gasteiger partial charge in [-0.2, -0.15) is 18.4 Å². The minimum atomic E-state index is -4.47. The Balaban J connectivity index is 2.25. The van der Waals surface area contributed by atoms with E-state index in [1.54, 1.807) is 0 Å². The maximum Gasteiger partial charge on any atom is 0.416 e. The smallest absolute Gasteiger partial charge is 0.289 e. The lowest BCUT2D eigenvalue weighted by molar-refractivity contribution is -0.137. The number of nitrogens with zero attached hydrogens (tertiary/aromatic N) is 1. The normalized spacial score (nSPS) is 11.4. The molecule has 2 aromatic carbocycles. The highest BCUT2D eigenvalue weighted by atomic mass is 19.4. The fraction of sp³-hybridized carbons (Fsp3) is 0.0588. The molecule has 0 fully saturated rings. The number of rotatable bonds is 3. The molecule has 0 N–H and O–H groups in total. The Morgan fingerprint density at radius 2 is 1.68 bits per heavy atom. The summed E-state index contributed by atoms with van der Waals surface area (Å²) in [6.07, 6.45) is -2.24. The largest absolute Gasteiger partial charge is 0.416 e. The van der Waals surface area contributed by atoms with Crippen LogP contribution in [0.15, 0.2) is 54.6 Å². The Morgan fingerprint density at radius 1 is 1.05 bits per heavy atom. The summed E-state index contributed by atoms with van der Waals surface area (Å²) in [6, 6.07) is 12.8. The van der Waals surface area contributed by atoms with Crippen LogP contribution in [0.2, 0.25) is 0 Å². The highest BCUT2D eigenvalue weighted by Crippen LogP contribution is 2.32. The molecule has 0 atom stereocenters. The van der Waals surface area contributed by atoms with Crippen molar-refractivity contribution in [3.63, 3.8) is 0 Å². The van der Waals surface area contributed by atoms with Crippen LogP contribution in [0.1, 0.15) is 27.0 Å². The van der Waals surface area contributed by atoms with Crippen LogP contribution in [0, 0.1) is 11.3 Å². The fourth-order valence-electron chi connectivity index (χ4n) is 1.87. The second-order valence-corrected chi connectivity index (χ2v) is 4.47. The summed E-state index contributed by atoms with van der Waals surface area (Å²) in [5.41, 5.74) is -0.154. The van der Waals surface area contributed by atoms with Gasteiger partial charge in [0.2, 0.25) is 0 Å². The van der Waals surface area contributed by atoms with E-state index in [4.69, 9.17) is 5.26 Å². The summed E-state index contributed by atoms with van der Waals surface area (Å²) in [6.45, 7) is 0. The Kier molecular flexibility index (Phi) is 4.42. The minimum Gasteiger partial charge on any atom is -0.289 e. The molecule has 0 aliphatic heterocycles. The van der Waals surface area contributed by atoms with Crippen LogP contribution in [0.5, 0.6) is 0 Å². The monoisotopic (exact) mass is 301 g/mol. The molecule has 0 radical (unpaired) electrons. The van der Waals surface area contributed by atoms with Crippen LogP contribution in [0.3, 0.4) is 0 Å². The van der Waals surface area contributed by atoms with Crippen LogP contribution in [0.4, 0.5) is 13.2 Å². The number of hydrogen-bond acceptors (Lipinski definition) is 2. The molecule has 2 aromatic rings. The van der Waals surface area contributed by atoms with Gasteiger partial charge in [0.1, 0.15) is 0 Å². The van der Waals surface area contributed by atoms with E-state index in [9.17, 15) is 18.0 Å². The van der Waals surface area contributed by atoms with Crippen LogP contribution in [0.25, 0.3) is 6.08 Å². The van der Waals surface area contributed by atoms with Crippen LogP contribution in [-0.2, 0) is 6.18 Å². The SMILES string of the molecule is N#Cc1ccc(C(=O)/C=C/c2ccccc2C(F)(F)F)cc1. The third-order valence-electron chi connectivity index (χ3n) is 2.98. The first kappa shape index (κ1) is 15.5. The molecule has 5 heteroatoms. The maximum absolute atomic E-state index is 12.8. The first-order valence-corrected chi connectivity index (χ1v) is 6.30. The number of allylic oxidation sites excluding steroid dienone is 1. The first-order chi connectivity index (χ1) is 10.4. The van der Waals surface area contributed by atoms with Crippen molar-refractivity contribution in [2.24, 2.45) is 0 Å². The quantitative estimate of drug-likeness (QED) is 0.620. The summed E-state index contributed by atoms with van der Waals surface area (Å²) in [4.78, 5) is 11.9. The summed E-state index contributed by atoms with van der Waals surface area (Å²) < 4.78 is 38.5. The number of hydrogen-bond donors (Lipinski definition) is 0. The molecule has 0 unspecified atom stereocenters. The number of ketones is 1. The van der Waals surface area contributed by atoms with Crippen molar-refractivity contribution < 1.29 is 18.0 Å². The lowest BCUT2D eigenvalue weighted by atomic mass is 10.0. The van der Waals surface area contributed by atoms with E-state index in [-0.39, 0.29) is 5.56 Å². The van der Waals surface area contributed by atoms with Crippen LogP contribution < -0.4 is 0 Å². The number of nitriles is 1. The lowest BCUT2D eigenvalue weighted by Gasteiger charge is -2.09. The topological polar surface area (TPSA) is 40.9 Å². The molecule has 0 spiro atoms. The Hall–Kier alpha value is -2.87. The molecule has 0 bridgehead atoms. The number of alkyl halides is 3. The zero-order valence-corrected chi connectivity index (χ0v) is 11.3. The molecule has 0 aliphatic carbocycles. The van der Waals surface area contributed by atoms with E-state index in [2.05, 4.69) is 0 Å². The third-order valence-corrected chi connectivity index (χ3v) is 2.98. The molecule has 22 heavy (non-hydrogen) atoms. The van der Waals surface area contributed by atoms with E-state index >= 15 is 0 Å². The number of carbonyl (C=O) groups excluding carboxylic acids is 1. The average Bonchev–Trinajstić information content (AvgIpc) is 2.52. The van der Waals surface area contributed by atoms with E-state index in [1.165, 1.54) is 42.5 Å². The lowest BCUT2D eigenvalue weighted by Crippen LogP contribution is -2.07. The Bertz CT molecular complexity index is 753. The molecule has 0 saturated carbocycles. The molecular weight excluding hydrogens is 291 g/mol. The average molecular weight is 301 g/mol. The molecule has 2 rings (SSSR count). The Labute approximate surface area is 125 Å². The van der Waals surface area contributed by atoms with Crippen molar-refractivity contribution in [3.8, 4) is 6.07 Å². The third kappa shape index (κ3) is 3.61. The second-order valence-electron chi connectivity index (χ2n) is 4.47. The molecular formula is C17H10F3NO. The fourth-order valence-corrected chi connectivity index (χ4v) is 1.87. The highest BCUT2D eigenvalue weighted by Gasteiger charge is 2.32. The molecule has 110 valence electrons. The molecule has 0 amide bonds. The number of carbonyl (C=O) groups is 1. The molecule has 2 nitrogen and oxygen atoms in total. The van der Waals surface area contributed by atoms with Crippen molar-refractivity contribution in [3.05, 3.63) is 76.9 Å². The summed E-state index contributed by atoms with van der Waals surface area (Å²) in [7, 11) is 0. The number of halogens is 3. The zero-order valence-electron chi connectivity index (χ0n) is 11.3. The maximum atomic E-state index is 12.8. The van der Waals surface area contributed by atoms with Gasteiger partial charge >= 0.3 is 6.18 Å². The van der Waals surface area contributed by atoms with E-state index in [0.29, 0.717) is 11.1 Å². The van der Waals surface area contributed by atoms with E-state index in [1.807, 2.05) is 6.07 Å².